The maximum Gasteiger partial charge on any atom is 0.206 e. The molecule has 12 rings (SSSR count). The van der Waals surface area contributed by atoms with Crippen molar-refractivity contribution in [2.24, 2.45) is 4.99 Å². The predicted molar refractivity (Wildman–Crippen MR) is 258 cm³/mol. The van der Waals surface area contributed by atoms with E-state index in [1.165, 1.54) is 43.8 Å². The minimum Gasteiger partial charge on any atom is -0.336 e. The van der Waals surface area contributed by atoms with Crippen LogP contribution in [0.5, 0.6) is 0 Å². The van der Waals surface area contributed by atoms with Gasteiger partial charge in [-0.2, -0.15) is 0 Å². The summed E-state index contributed by atoms with van der Waals surface area (Å²) in [5, 5.41) is 12.5. The number of hydrogen-bond acceptors (Lipinski definition) is 3. The van der Waals surface area contributed by atoms with Crippen LogP contribution in [0.2, 0.25) is 0 Å². The summed E-state index contributed by atoms with van der Waals surface area (Å²) in [7, 11) is 0. The molecule has 62 heavy (non-hydrogen) atoms. The zero-order valence-electron chi connectivity index (χ0n) is 33.9. The molecule has 0 saturated heterocycles. The maximum atomic E-state index is 5.59. The maximum absolute atomic E-state index is 5.59. The Morgan fingerprint density at radius 3 is 1.48 bits per heavy atom. The fraction of sp³-hybridized carbons (Fsp3) is 0.0351. The van der Waals surface area contributed by atoms with Crippen molar-refractivity contribution < 1.29 is 0 Å². The van der Waals surface area contributed by atoms with Crippen molar-refractivity contribution in [2.75, 3.05) is 0 Å². The number of nitrogens with one attached hydrogen (secondary N) is 2. The van der Waals surface area contributed by atoms with E-state index in [0.717, 1.165) is 56.0 Å². The number of rotatable bonds is 6. The average Bonchev–Trinajstić information content (AvgIpc) is 3.88. The fourth-order valence-corrected chi connectivity index (χ4v) is 9.49. The van der Waals surface area contributed by atoms with Gasteiger partial charge in [-0.05, 0) is 63.2 Å². The Balaban J connectivity index is 1.14. The highest BCUT2D eigenvalue weighted by molar-refractivity contribution is 6.26. The highest BCUT2D eigenvalue weighted by Gasteiger charge is 2.29. The minimum absolute atomic E-state index is 0.209. The van der Waals surface area contributed by atoms with Crippen molar-refractivity contribution in [3.63, 3.8) is 0 Å². The molecule has 294 valence electrons. The second kappa shape index (κ2) is 14.9. The molecule has 2 unspecified atom stereocenters. The van der Waals surface area contributed by atoms with Gasteiger partial charge in [-0.15, -0.1) is 0 Å². The molecule has 2 atom stereocenters. The van der Waals surface area contributed by atoms with Crippen LogP contribution < -0.4 is 10.6 Å². The topological polar surface area (TPSA) is 46.3 Å². The van der Waals surface area contributed by atoms with Crippen LogP contribution in [0.25, 0.3) is 82.7 Å². The Bertz CT molecular complexity index is 3440. The van der Waals surface area contributed by atoms with Gasteiger partial charge in [-0.25, -0.2) is 4.99 Å². The van der Waals surface area contributed by atoms with Crippen LogP contribution in [0.4, 0.5) is 0 Å². The van der Waals surface area contributed by atoms with Crippen molar-refractivity contribution in [3.05, 3.63) is 236 Å². The Morgan fingerprint density at radius 2 is 0.855 bits per heavy atom. The zero-order valence-corrected chi connectivity index (χ0v) is 33.9. The molecular weight excluding hydrogens is 755 g/mol. The SMILES string of the molecule is c1ccc(-c2ccc(C3N=C(n4c5ccccc5c5ccc6c7ccccc7n(-c7ccc(-c8ccccc8)cc7-c7ccccc7)c6c54)NC(c4ccccc4)N3)cc2)cc1. The van der Waals surface area contributed by atoms with E-state index in [-0.39, 0.29) is 12.3 Å². The molecule has 1 aliphatic rings. The molecule has 2 N–H and O–H groups in total. The third-order valence-corrected chi connectivity index (χ3v) is 12.4. The van der Waals surface area contributed by atoms with Gasteiger partial charge in [0.05, 0.1) is 27.8 Å². The largest absolute Gasteiger partial charge is 0.336 e. The second-order valence-corrected chi connectivity index (χ2v) is 16.0. The standard InChI is InChI=1S/C57H41N5/c1-5-17-38(18-6-1)40-29-31-43(32-30-40)56-58-55(42-23-11-4-12-24-42)59-57(60-56)62-51-28-16-14-26-46(51)48-35-34-47-45-25-13-15-27-50(45)61(53(47)54(48)62)52-36-33-44(39-19-7-2-8-20-39)37-49(52)41-21-9-3-10-22-41/h1-37,55-56,58H,(H,59,60). The zero-order chi connectivity index (χ0) is 41.0. The summed E-state index contributed by atoms with van der Waals surface area (Å²) in [6.07, 6.45) is -0.531. The number of nitrogens with zero attached hydrogens (tertiary/aromatic N) is 3. The molecule has 0 spiro atoms. The molecule has 5 nitrogen and oxygen atoms in total. The molecule has 5 heteroatoms. The molecule has 0 amide bonds. The average molecular weight is 796 g/mol. The molecule has 0 saturated carbocycles. The van der Waals surface area contributed by atoms with Crippen LogP contribution in [0, 0.1) is 0 Å². The van der Waals surface area contributed by atoms with Crippen LogP contribution in [-0.4, -0.2) is 15.1 Å². The monoisotopic (exact) mass is 795 g/mol. The van der Waals surface area contributed by atoms with Gasteiger partial charge in [0.25, 0.3) is 0 Å². The van der Waals surface area contributed by atoms with Gasteiger partial charge in [0.2, 0.25) is 5.96 Å². The third-order valence-electron chi connectivity index (χ3n) is 12.4. The van der Waals surface area contributed by atoms with E-state index in [1.807, 2.05) is 0 Å². The number of benzene rings is 9. The highest BCUT2D eigenvalue weighted by atomic mass is 15.4. The molecule has 11 aromatic rings. The van der Waals surface area contributed by atoms with Gasteiger partial charge >= 0.3 is 0 Å². The number of para-hydroxylation sites is 2. The van der Waals surface area contributed by atoms with Gasteiger partial charge < -0.3 is 9.88 Å². The lowest BCUT2D eigenvalue weighted by Crippen LogP contribution is -2.47. The molecule has 0 bridgehead atoms. The lowest BCUT2D eigenvalue weighted by Gasteiger charge is -2.32. The van der Waals surface area contributed by atoms with Crippen LogP contribution in [0.15, 0.2) is 229 Å². The molecule has 0 fully saturated rings. The summed E-state index contributed by atoms with van der Waals surface area (Å²) in [5.41, 5.74) is 14.9. The Morgan fingerprint density at radius 1 is 0.371 bits per heavy atom. The first-order valence-corrected chi connectivity index (χ1v) is 21.3. The van der Waals surface area contributed by atoms with E-state index in [0.29, 0.717) is 0 Å². The molecule has 2 aromatic heterocycles. The van der Waals surface area contributed by atoms with Gasteiger partial charge in [0.1, 0.15) is 12.3 Å². The van der Waals surface area contributed by atoms with Crippen LogP contribution in [0.1, 0.15) is 23.5 Å². The highest BCUT2D eigenvalue weighted by Crippen LogP contribution is 2.43. The van der Waals surface area contributed by atoms with Crippen LogP contribution in [0.3, 0.4) is 0 Å². The molecule has 1 aliphatic heterocycles. The Kier molecular flexibility index (Phi) is 8.65. The van der Waals surface area contributed by atoms with Crippen molar-refractivity contribution in [1.82, 2.24) is 19.8 Å². The van der Waals surface area contributed by atoms with E-state index in [9.17, 15) is 0 Å². The van der Waals surface area contributed by atoms with Gasteiger partial charge in [-0.1, -0.05) is 200 Å². The van der Waals surface area contributed by atoms with Gasteiger partial charge in [-0.3, -0.25) is 9.88 Å². The predicted octanol–water partition coefficient (Wildman–Crippen LogP) is 13.7. The first kappa shape index (κ1) is 35.9. The summed E-state index contributed by atoms with van der Waals surface area (Å²) in [6.45, 7) is 0. The van der Waals surface area contributed by atoms with E-state index in [1.54, 1.807) is 0 Å². The number of aliphatic imine (C=N–C) groups is 1. The van der Waals surface area contributed by atoms with E-state index in [2.05, 4.69) is 244 Å². The fourth-order valence-electron chi connectivity index (χ4n) is 9.49. The first-order chi connectivity index (χ1) is 30.8. The van der Waals surface area contributed by atoms with E-state index < -0.39 is 0 Å². The van der Waals surface area contributed by atoms with E-state index in [4.69, 9.17) is 4.99 Å². The lowest BCUT2D eigenvalue weighted by molar-refractivity contribution is 0.403. The van der Waals surface area contributed by atoms with Crippen molar-refractivity contribution >= 4 is 49.6 Å². The molecule has 0 aliphatic carbocycles. The Hall–Kier alpha value is -7.99. The molecule has 0 radical (unpaired) electrons. The summed E-state index contributed by atoms with van der Waals surface area (Å²) < 4.78 is 4.88. The molecule has 3 heterocycles. The summed E-state index contributed by atoms with van der Waals surface area (Å²) in [6, 6.07) is 80.6. The first-order valence-electron chi connectivity index (χ1n) is 21.3. The summed E-state index contributed by atoms with van der Waals surface area (Å²) in [4.78, 5) is 5.59. The Labute approximate surface area is 359 Å². The number of fused-ring (bicyclic) bond motifs is 7. The van der Waals surface area contributed by atoms with Crippen molar-refractivity contribution in [3.8, 4) is 39.1 Å². The summed E-state index contributed by atoms with van der Waals surface area (Å²) >= 11 is 0. The smallest absolute Gasteiger partial charge is 0.206 e. The number of hydrogen-bond donors (Lipinski definition) is 2. The van der Waals surface area contributed by atoms with Gasteiger partial charge in [0.15, 0.2) is 0 Å². The third kappa shape index (κ3) is 6.01. The van der Waals surface area contributed by atoms with Gasteiger partial charge in [0, 0.05) is 27.1 Å². The minimum atomic E-state index is -0.322. The molecule has 9 aromatic carbocycles. The van der Waals surface area contributed by atoms with Crippen molar-refractivity contribution in [1.29, 1.82) is 0 Å². The van der Waals surface area contributed by atoms with Crippen LogP contribution in [-0.2, 0) is 0 Å². The quantitative estimate of drug-likeness (QED) is 0.176. The van der Waals surface area contributed by atoms with Crippen LogP contribution >= 0.6 is 0 Å². The lowest BCUT2D eigenvalue weighted by atomic mass is 9.97. The van der Waals surface area contributed by atoms with E-state index >= 15 is 0 Å². The molecular formula is C57H41N5. The van der Waals surface area contributed by atoms with Crippen molar-refractivity contribution in [2.45, 2.75) is 12.3 Å². The second-order valence-electron chi connectivity index (χ2n) is 16.0. The number of aromatic nitrogens is 2. The summed E-state index contributed by atoms with van der Waals surface area (Å²) in [5.74, 6) is 0.785. The normalized spacial score (nSPS) is 15.3.